The minimum atomic E-state index is -4.50. The molecule has 1 atom stereocenters. The number of hydrogen-bond acceptors (Lipinski definition) is 2. The second-order valence-corrected chi connectivity index (χ2v) is 3.80. The Morgan fingerprint density at radius 2 is 1.79 bits per heavy atom. The van der Waals surface area contributed by atoms with E-state index in [0.717, 1.165) is 25.7 Å². The van der Waals surface area contributed by atoms with Gasteiger partial charge in [-0.15, -0.1) is 0 Å². The summed E-state index contributed by atoms with van der Waals surface area (Å²) >= 11 is 0. The Morgan fingerprint density at radius 1 is 1.21 bits per heavy atom. The molecule has 0 aromatic carbocycles. The molecular formula is C9H16F3NO. The number of hydrogen-bond donors (Lipinski definition) is 2. The van der Waals surface area contributed by atoms with E-state index in [2.05, 4.69) is 5.32 Å². The Kier molecular flexibility index (Phi) is 4.19. The third-order valence-corrected chi connectivity index (χ3v) is 2.58. The van der Waals surface area contributed by atoms with Crippen LogP contribution in [-0.2, 0) is 0 Å². The summed E-state index contributed by atoms with van der Waals surface area (Å²) in [5, 5.41) is 11.5. The van der Waals surface area contributed by atoms with E-state index in [4.69, 9.17) is 5.11 Å². The van der Waals surface area contributed by atoms with Crippen LogP contribution in [0, 0.1) is 0 Å². The van der Waals surface area contributed by atoms with E-state index >= 15 is 0 Å². The van der Waals surface area contributed by atoms with E-state index in [0.29, 0.717) is 0 Å². The lowest BCUT2D eigenvalue weighted by Crippen LogP contribution is -2.43. The average molecular weight is 211 g/mol. The van der Waals surface area contributed by atoms with Crippen molar-refractivity contribution in [2.24, 2.45) is 0 Å². The molecule has 0 aromatic rings. The molecule has 2 N–H and O–H groups in total. The second-order valence-electron chi connectivity index (χ2n) is 3.80. The molecule has 0 amide bonds. The van der Waals surface area contributed by atoms with Crippen LogP contribution in [0.5, 0.6) is 0 Å². The Morgan fingerprint density at radius 3 is 2.29 bits per heavy atom. The van der Waals surface area contributed by atoms with Gasteiger partial charge in [0.25, 0.3) is 0 Å². The van der Waals surface area contributed by atoms with Gasteiger partial charge in [-0.2, -0.15) is 13.2 Å². The predicted octanol–water partition coefficient (Wildman–Crippen LogP) is 1.83. The highest BCUT2D eigenvalue weighted by atomic mass is 19.4. The van der Waals surface area contributed by atoms with Gasteiger partial charge in [0.05, 0.1) is 0 Å². The van der Waals surface area contributed by atoms with Gasteiger partial charge in [-0.25, -0.2) is 0 Å². The van der Waals surface area contributed by atoms with Crippen LogP contribution in [0.15, 0.2) is 0 Å². The standard InChI is InChI=1S/C9H16F3NO/c10-9(11,12)8(14)6-13-7-4-2-1-3-5-7/h7-8,13-14H,1-6H2/t8-/m0/s1. The van der Waals surface area contributed by atoms with Crippen molar-refractivity contribution in [2.45, 2.75) is 50.4 Å². The van der Waals surface area contributed by atoms with Gasteiger partial charge in [0.2, 0.25) is 0 Å². The van der Waals surface area contributed by atoms with Crippen molar-refractivity contribution in [3.63, 3.8) is 0 Å². The summed E-state index contributed by atoms with van der Waals surface area (Å²) in [7, 11) is 0. The zero-order chi connectivity index (χ0) is 10.6. The largest absolute Gasteiger partial charge is 0.415 e. The first-order valence-corrected chi connectivity index (χ1v) is 4.98. The van der Waals surface area contributed by atoms with Gasteiger partial charge >= 0.3 is 6.18 Å². The molecule has 84 valence electrons. The number of alkyl halides is 3. The molecule has 0 unspecified atom stereocenters. The molecule has 0 heterocycles. The van der Waals surface area contributed by atoms with Gasteiger partial charge in [-0.3, -0.25) is 0 Å². The maximum absolute atomic E-state index is 11.9. The Hall–Kier alpha value is -0.290. The van der Waals surface area contributed by atoms with E-state index in [9.17, 15) is 13.2 Å². The summed E-state index contributed by atoms with van der Waals surface area (Å²) in [6.45, 7) is -0.381. The lowest BCUT2D eigenvalue weighted by molar-refractivity contribution is -0.202. The van der Waals surface area contributed by atoms with E-state index < -0.39 is 12.3 Å². The SMILES string of the molecule is O[C@@H](CNC1CCCCC1)C(F)(F)F. The fraction of sp³-hybridized carbons (Fsp3) is 1.00. The van der Waals surface area contributed by atoms with E-state index in [-0.39, 0.29) is 12.6 Å². The molecule has 0 spiro atoms. The second kappa shape index (κ2) is 4.98. The van der Waals surface area contributed by atoms with Crippen LogP contribution in [0.4, 0.5) is 13.2 Å². The molecule has 2 nitrogen and oxygen atoms in total. The first-order valence-electron chi connectivity index (χ1n) is 4.98. The van der Waals surface area contributed by atoms with Gasteiger partial charge < -0.3 is 10.4 Å². The van der Waals surface area contributed by atoms with Crippen LogP contribution in [0.3, 0.4) is 0 Å². The monoisotopic (exact) mass is 211 g/mol. The predicted molar refractivity (Wildman–Crippen MR) is 46.9 cm³/mol. The first-order chi connectivity index (χ1) is 6.50. The number of rotatable bonds is 3. The van der Waals surface area contributed by atoms with E-state index in [1.807, 2.05) is 0 Å². The Bertz CT molecular complexity index is 166. The molecule has 1 rings (SSSR count). The molecule has 1 aliphatic rings. The summed E-state index contributed by atoms with van der Waals surface area (Å²) in [5.74, 6) is 0. The summed E-state index contributed by atoms with van der Waals surface area (Å²) in [6.07, 6.45) is -1.58. The summed E-state index contributed by atoms with van der Waals surface area (Å²) < 4.78 is 35.7. The number of aliphatic hydroxyl groups excluding tert-OH is 1. The Balaban J connectivity index is 2.19. The summed E-state index contributed by atoms with van der Waals surface area (Å²) in [4.78, 5) is 0. The molecule has 5 heteroatoms. The quantitative estimate of drug-likeness (QED) is 0.746. The fourth-order valence-electron chi connectivity index (χ4n) is 1.70. The minimum Gasteiger partial charge on any atom is -0.382 e. The van der Waals surface area contributed by atoms with Crippen molar-refractivity contribution >= 4 is 0 Å². The molecule has 0 saturated heterocycles. The van der Waals surface area contributed by atoms with Crippen molar-refractivity contribution < 1.29 is 18.3 Å². The Labute approximate surface area is 81.5 Å². The first kappa shape index (κ1) is 11.8. The van der Waals surface area contributed by atoms with Crippen molar-refractivity contribution in [3.8, 4) is 0 Å². The highest BCUT2D eigenvalue weighted by Gasteiger charge is 2.38. The molecule has 0 aromatic heterocycles. The highest BCUT2D eigenvalue weighted by molar-refractivity contribution is 4.75. The van der Waals surface area contributed by atoms with E-state index in [1.54, 1.807) is 0 Å². The van der Waals surface area contributed by atoms with Crippen LogP contribution in [-0.4, -0.2) is 30.0 Å². The van der Waals surface area contributed by atoms with E-state index in [1.165, 1.54) is 6.42 Å². The van der Waals surface area contributed by atoms with Gasteiger partial charge in [0, 0.05) is 12.6 Å². The molecule has 14 heavy (non-hydrogen) atoms. The van der Waals surface area contributed by atoms with Gasteiger partial charge in [-0.1, -0.05) is 19.3 Å². The van der Waals surface area contributed by atoms with Gasteiger partial charge in [-0.05, 0) is 12.8 Å². The number of nitrogens with one attached hydrogen (secondary N) is 1. The van der Waals surface area contributed by atoms with Gasteiger partial charge in [0.15, 0.2) is 6.10 Å². The number of halogens is 3. The molecule has 0 radical (unpaired) electrons. The molecular weight excluding hydrogens is 195 g/mol. The minimum absolute atomic E-state index is 0.153. The third kappa shape index (κ3) is 3.84. The third-order valence-electron chi connectivity index (χ3n) is 2.58. The molecule has 0 aliphatic heterocycles. The number of aliphatic hydroxyl groups is 1. The van der Waals surface area contributed by atoms with Crippen LogP contribution >= 0.6 is 0 Å². The van der Waals surface area contributed by atoms with Crippen molar-refractivity contribution in [1.82, 2.24) is 5.32 Å². The van der Waals surface area contributed by atoms with Gasteiger partial charge in [0.1, 0.15) is 0 Å². The maximum Gasteiger partial charge on any atom is 0.415 e. The lowest BCUT2D eigenvalue weighted by Gasteiger charge is -2.24. The normalized spacial score (nSPS) is 22.3. The zero-order valence-corrected chi connectivity index (χ0v) is 7.98. The van der Waals surface area contributed by atoms with Crippen molar-refractivity contribution in [1.29, 1.82) is 0 Å². The van der Waals surface area contributed by atoms with Crippen LogP contribution in [0.1, 0.15) is 32.1 Å². The maximum atomic E-state index is 11.9. The highest BCUT2D eigenvalue weighted by Crippen LogP contribution is 2.21. The smallest absolute Gasteiger partial charge is 0.382 e. The fourth-order valence-corrected chi connectivity index (χ4v) is 1.70. The van der Waals surface area contributed by atoms with Crippen LogP contribution in [0.2, 0.25) is 0 Å². The topological polar surface area (TPSA) is 32.3 Å². The zero-order valence-electron chi connectivity index (χ0n) is 7.98. The van der Waals surface area contributed by atoms with Crippen molar-refractivity contribution in [2.75, 3.05) is 6.54 Å². The molecule has 1 aliphatic carbocycles. The molecule has 1 fully saturated rings. The van der Waals surface area contributed by atoms with Crippen LogP contribution in [0.25, 0.3) is 0 Å². The van der Waals surface area contributed by atoms with Crippen LogP contribution < -0.4 is 5.32 Å². The lowest BCUT2D eigenvalue weighted by atomic mass is 9.95. The van der Waals surface area contributed by atoms with Crippen molar-refractivity contribution in [3.05, 3.63) is 0 Å². The summed E-state index contributed by atoms with van der Waals surface area (Å²) in [5.41, 5.74) is 0. The summed E-state index contributed by atoms with van der Waals surface area (Å²) in [6, 6.07) is 0.153. The molecule has 0 bridgehead atoms. The molecule has 1 saturated carbocycles. The average Bonchev–Trinajstić information content (AvgIpc) is 2.14.